The van der Waals surface area contributed by atoms with Crippen LogP contribution in [0.3, 0.4) is 0 Å². The maximum absolute atomic E-state index is 13.1. The average molecular weight is 433 g/mol. The van der Waals surface area contributed by atoms with Crippen LogP contribution in [0.15, 0.2) is 76.9 Å². The van der Waals surface area contributed by atoms with Crippen LogP contribution in [0.25, 0.3) is 5.76 Å². The van der Waals surface area contributed by atoms with Gasteiger partial charge in [0.25, 0.3) is 11.7 Å². The number of rotatable bonds is 7. The van der Waals surface area contributed by atoms with Crippen LogP contribution in [0.2, 0.25) is 0 Å². The van der Waals surface area contributed by atoms with Crippen molar-refractivity contribution < 1.29 is 28.6 Å². The molecule has 1 unspecified atom stereocenters. The van der Waals surface area contributed by atoms with Gasteiger partial charge in [-0.25, -0.2) is 0 Å². The quantitative estimate of drug-likeness (QED) is 0.339. The fourth-order valence-corrected chi connectivity index (χ4v) is 3.81. The fourth-order valence-electron chi connectivity index (χ4n) is 3.81. The SMILES string of the molecule is CCOc1cccc(C2C(=C(O)c3ccc(OC)cc3)C(=O)C(=O)N2Cc2ccco2)c1. The van der Waals surface area contributed by atoms with Crippen molar-refractivity contribution in [2.75, 3.05) is 13.7 Å². The van der Waals surface area contributed by atoms with Crippen LogP contribution in [-0.4, -0.2) is 35.4 Å². The Labute approximate surface area is 185 Å². The van der Waals surface area contributed by atoms with E-state index in [1.54, 1.807) is 67.8 Å². The predicted octanol–water partition coefficient (Wildman–Crippen LogP) is 4.31. The van der Waals surface area contributed by atoms with Gasteiger partial charge in [0.2, 0.25) is 0 Å². The number of benzene rings is 2. The Morgan fingerprint density at radius 2 is 1.84 bits per heavy atom. The van der Waals surface area contributed by atoms with Gasteiger partial charge in [0.05, 0.1) is 38.1 Å². The highest BCUT2D eigenvalue weighted by molar-refractivity contribution is 6.46. The number of furan rings is 1. The Hall–Kier alpha value is -4.00. The van der Waals surface area contributed by atoms with Crippen LogP contribution >= 0.6 is 0 Å². The number of amides is 1. The summed E-state index contributed by atoms with van der Waals surface area (Å²) in [6.45, 7) is 2.43. The number of ether oxygens (including phenoxy) is 2. The highest BCUT2D eigenvalue weighted by atomic mass is 16.5. The van der Waals surface area contributed by atoms with Crippen LogP contribution in [-0.2, 0) is 16.1 Å². The topological polar surface area (TPSA) is 89.2 Å². The molecule has 4 rings (SSSR count). The number of hydrogen-bond donors (Lipinski definition) is 1. The molecule has 0 aliphatic carbocycles. The fraction of sp³-hybridized carbons (Fsp3) is 0.200. The summed E-state index contributed by atoms with van der Waals surface area (Å²) in [5, 5.41) is 11.1. The van der Waals surface area contributed by atoms with E-state index in [0.717, 1.165) is 0 Å². The zero-order valence-electron chi connectivity index (χ0n) is 17.8. The molecule has 32 heavy (non-hydrogen) atoms. The molecule has 2 aromatic carbocycles. The third-order valence-electron chi connectivity index (χ3n) is 5.29. The Kier molecular flexibility index (Phi) is 5.98. The van der Waals surface area contributed by atoms with Crippen molar-refractivity contribution in [3.63, 3.8) is 0 Å². The van der Waals surface area contributed by atoms with Crippen LogP contribution < -0.4 is 9.47 Å². The average Bonchev–Trinajstić information content (AvgIpc) is 3.41. The third-order valence-corrected chi connectivity index (χ3v) is 5.29. The van der Waals surface area contributed by atoms with Gasteiger partial charge in [-0.3, -0.25) is 9.59 Å². The first-order chi connectivity index (χ1) is 15.5. The van der Waals surface area contributed by atoms with Gasteiger partial charge in [-0.05, 0) is 61.0 Å². The molecule has 1 aromatic heterocycles. The van der Waals surface area contributed by atoms with Crippen molar-refractivity contribution >= 4 is 17.4 Å². The zero-order chi connectivity index (χ0) is 22.7. The lowest BCUT2D eigenvalue weighted by molar-refractivity contribution is -0.140. The van der Waals surface area contributed by atoms with E-state index in [1.807, 2.05) is 6.92 Å². The van der Waals surface area contributed by atoms with Crippen LogP contribution in [0.4, 0.5) is 0 Å². The van der Waals surface area contributed by atoms with Gasteiger partial charge in [-0.15, -0.1) is 0 Å². The van der Waals surface area contributed by atoms with Crippen molar-refractivity contribution in [1.82, 2.24) is 4.90 Å². The molecule has 1 aliphatic rings. The molecular formula is C25H23NO6. The van der Waals surface area contributed by atoms with Gasteiger partial charge < -0.3 is 23.9 Å². The number of ketones is 1. The van der Waals surface area contributed by atoms with Crippen LogP contribution in [0, 0.1) is 0 Å². The predicted molar refractivity (Wildman–Crippen MR) is 117 cm³/mol. The molecule has 7 nitrogen and oxygen atoms in total. The molecule has 7 heteroatoms. The van der Waals surface area contributed by atoms with E-state index in [9.17, 15) is 14.7 Å². The number of hydrogen-bond acceptors (Lipinski definition) is 6. The van der Waals surface area contributed by atoms with Gasteiger partial charge in [-0.2, -0.15) is 0 Å². The first-order valence-corrected chi connectivity index (χ1v) is 10.2. The van der Waals surface area contributed by atoms with Crippen molar-refractivity contribution in [2.45, 2.75) is 19.5 Å². The van der Waals surface area contributed by atoms with Crippen molar-refractivity contribution in [3.05, 3.63) is 89.4 Å². The van der Waals surface area contributed by atoms with Crippen LogP contribution in [0.5, 0.6) is 11.5 Å². The zero-order valence-corrected chi connectivity index (χ0v) is 17.8. The standard InChI is InChI=1S/C25H23NO6/c1-3-31-19-7-4-6-17(14-19)22-21(23(27)16-9-11-18(30-2)12-10-16)24(28)25(29)26(22)15-20-8-5-13-32-20/h4-14,22,27H,3,15H2,1-2H3. The van der Waals surface area contributed by atoms with Gasteiger partial charge in [0, 0.05) is 5.56 Å². The first-order valence-electron chi connectivity index (χ1n) is 10.2. The van der Waals surface area contributed by atoms with E-state index in [-0.39, 0.29) is 17.9 Å². The molecule has 0 radical (unpaired) electrons. The molecule has 164 valence electrons. The van der Waals surface area contributed by atoms with Gasteiger partial charge in [-0.1, -0.05) is 12.1 Å². The summed E-state index contributed by atoms with van der Waals surface area (Å²) in [6.07, 6.45) is 1.51. The number of carbonyl (C=O) groups excluding carboxylic acids is 2. The Balaban J connectivity index is 1.84. The number of likely N-dealkylation sites (tertiary alicyclic amines) is 1. The highest BCUT2D eigenvalue weighted by Gasteiger charge is 2.46. The van der Waals surface area contributed by atoms with Gasteiger partial charge in [0.15, 0.2) is 0 Å². The maximum atomic E-state index is 13.1. The van der Waals surface area contributed by atoms with E-state index in [0.29, 0.717) is 35.0 Å². The van der Waals surface area contributed by atoms with Crippen molar-refractivity contribution in [2.24, 2.45) is 0 Å². The first kappa shape index (κ1) is 21.2. The molecule has 1 atom stereocenters. The van der Waals surface area contributed by atoms with Crippen molar-refractivity contribution in [3.8, 4) is 11.5 Å². The monoisotopic (exact) mass is 433 g/mol. The van der Waals surface area contributed by atoms with Crippen molar-refractivity contribution in [1.29, 1.82) is 0 Å². The van der Waals surface area contributed by atoms with Gasteiger partial charge in [0.1, 0.15) is 23.0 Å². The lowest BCUT2D eigenvalue weighted by Crippen LogP contribution is -2.29. The largest absolute Gasteiger partial charge is 0.507 e. The van der Waals surface area contributed by atoms with E-state index in [1.165, 1.54) is 11.2 Å². The molecule has 1 fully saturated rings. The molecule has 1 saturated heterocycles. The lowest BCUT2D eigenvalue weighted by atomic mass is 9.95. The normalized spacial score (nSPS) is 17.6. The number of aliphatic hydroxyl groups excluding tert-OH is 1. The Bertz CT molecular complexity index is 1150. The maximum Gasteiger partial charge on any atom is 0.296 e. The molecule has 0 bridgehead atoms. The molecule has 1 amide bonds. The summed E-state index contributed by atoms with van der Waals surface area (Å²) >= 11 is 0. The smallest absolute Gasteiger partial charge is 0.296 e. The molecule has 3 aromatic rings. The number of nitrogens with zero attached hydrogens (tertiary/aromatic N) is 1. The van der Waals surface area contributed by atoms with E-state index in [2.05, 4.69) is 0 Å². The Morgan fingerprint density at radius 1 is 1.06 bits per heavy atom. The molecule has 1 aliphatic heterocycles. The lowest BCUT2D eigenvalue weighted by Gasteiger charge is -2.25. The summed E-state index contributed by atoms with van der Waals surface area (Å²) in [7, 11) is 1.54. The summed E-state index contributed by atoms with van der Waals surface area (Å²) in [6, 6.07) is 16.5. The molecule has 2 heterocycles. The van der Waals surface area contributed by atoms with E-state index in [4.69, 9.17) is 13.9 Å². The molecule has 0 spiro atoms. The minimum atomic E-state index is -0.803. The number of carbonyl (C=O) groups is 2. The second-order valence-electron chi connectivity index (χ2n) is 7.24. The number of aliphatic hydroxyl groups is 1. The minimum absolute atomic E-state index is 0.0142. The van der Waals surface area contributed by atoms with E-state index < -0.39 is 17.7 Å². The molecular weight excluding hydrogens is 410 g/mol. The Morgan fingerprint density at radius 3 is 2.50 bits per heavy atom. The number of Topliss-reactive ketones (excluding diaryl/α,β-unsaturated/α-hetero) is 1. The molecule has 1 N–H and O–H groups in total. The van der Waals surface area contributed by atoms with Crippen LogP contribution in [0.1, 0.15) is 29.9 Å². The highest BCUT2D eigenvalue weighted by Crippen LogP contribution is 2.41. The summed E-state index contributed by atoms with van der Waals surface area (Å²) in [4.78, 5) is 27.5. The molecule has 0 saturated carbocycles. The number of methoxy groups -OCH3 is 1. The summed E-state index contributed by atoms with van der Waals surface area (Å²) in [5.74, 6) is 0.0424. The third kappa shape index (κ3) is 3.97. The summed E-state index contributed by atoms with van der Waals surface area (Å²) < 4.78 is 16.2. The van der Waals surface area contributed by atoms with Gasteiger partial charge >= 0.3 is 0 Å². The summed E-state index contributed by atoms with van der Waals surface area (Å²) in [5.41, 5.74) is 1.07. The minimum Gasteiger partial charge on any atom is -0.507 e. The second-order valence-corrected chi connectivity index (χ2v) is 7.24. The van der Waals surface area contributed by atoms with E-state index >= 15 is 0 Å². The second kappa shape index (κ2) is 9.01.